The van der Waals surface area contributed by atoms with E-state index in [2.05, 4.69) is 26.1 Å². The first-order chi connectivity index (χ1) is 19.8. The number of amides is 1. The van der Waals surface area contributed by atoms with Crippen LogP contribution in [0.3, 0.4) is 0 Å². The molecule has 0 aromatic heterocycles. The molecule has 1 amide bonds. The molecule has 12 heteroatoms. The van der Waals surface area contributed by atoms with Crippen molar-refractivity contribution in [2.24, 2.45) is 17.3 Å². The van der Waals surface area contributed by atoms with Gasteiger partial charge in [0.1, 0.15) is 17.1 Å². The highest BCUT2D eigenvalue weighted by Crippen LogP contribution is 2.65. The Balaban J connectivity index is 1.43. The number of ketones is 1. The fourth-order valence-corrected chi connectivity index (χ4v) is 6.73. The highest BCUT2D eigenvalue weighted by atomic mass is 16.7. The van der Waals surface area contributed by atoms with Crippen molar-refractivity contribution in [1.29, 1.82) is 0 Å². The maximum atomic E-state index is 12.9. The lowest BCUT2D eigenvalue weighted by Gasteiger charge is -2.64. The zero-order valence-corrected chi connectivity index (χ0v) is 25.7. The fraction of sp³-hybridized carbons (Fsp3) is 0.667. The molecular weight excluding hydrogens is 543 g/mol. The standard InChI is InChI=1S/C30H43BN2O9/c1-18(34)16-32-24(31-41-23-15-20-14-22(29(20,2)3)30(23,4)42-31)13-19-9-8-10-21(27(19)38-7)28(37)40-17-39-26(36)12-11-25(35)33(5)6/h8-10,20,22-24,32H,11-17H2,1-7H3. The van der Waals surface area contributed by atoms with E-state index in [1.165, 1.54) is 18.9 Å². The Morgan fingerprint density at radius 1 is 1.12 bits per heavy atom. The number of nitrogens with one attached hydrogen (secondary N) is 1. The molecule has 3 saturated carbocycles. The average molecular weight is 586 g/mol. The van der Waals surface area contributed by atoms with E-state index in [1.807, 2.05) is 6.07 Å². The minimum atomic E-state index is -0.729. The average Bonchev–Trinajstić information content (AvgIpc) is 3.30. The van der Waals surface area contributed by atoms with Crippen LogP contribution in [0.15, 0.2) is 18.2 Å². The number of hydrogen-bond acceptors (Lipinski definition) is 10. The number of esters is 2. The van der Waals surface area contributed by atoms with Gasteiger partial charge in [0.15, 0.2) is 0 Å². The molecule has 3 aliphatic carbocycles. The molecular formula is C30H43BN2O9. The van der Waals surface area contributed by atoms with Crippen molar-refractivity contribution >= 4 is 30.7 Å². The molecule has 0 radical (unpaired) electrons. The van der Waals surface area contributed by atoms with Gasteiger partial charge in [-0.1, -0.05) is 26.0 Å². The van der Waals surface area contributed by atoms with Crippen LogP contribution in [0.1, 0.15) is 69.3 Å². The quantitative estimate of drug-likeness (QED) is 0.209. The maximum Gasteiger partial charge on any atom is 0.476 e. The first-order valence-corrected chi connectivity index (χ1v) is 14.5. The van der Waals surface area contributed by atoms with Crippen LogP contribution in [0, 0.1) is 17.3 Å². The van der Waals surface area contributed by atoms with E-state index in [-0.39, 0.29) is 54.1 Å². The van der Waals surface area contributed by atoms with Crippen LogP contribution < -0.4 is 10.1 Å². The number of ether oxygens (including phenoxy) is 3. The van der Waals surface area contributed by atoms with E-state index in [0.29, 0.717) is 29.6 Å². The second-order valence-corrected chi connectivity index (χ2v) is 12.6. The summed E-state index contributed by atoms with van der Waals surface area (Å²) in [5, 5.41) is 3.30. The van der Waals surface area contributed by atoms with Crippen LogP contribution in [0.4, 0.5) is 0 Å². The van der Waals surface area contributed by atoms with Crippen molar-refractivity contribution in [3.63, 3.8) is 0 Å². The summed E-state index contributed by atoms with van der Waals surface area (Å²) in [6.07, 6.45) is 2.29. The second-order valence-electron chi connectivity index (χ2n) is 12.6. The summed E-state index contributed by atoms with van der Waals surface area (Å²) in [4.78, 5) is 49.8. The van der Waals surface area contributed by atoms with Gasteiger partial charge in [0.2, 0.25) is 12.7 Å². The van der Waals surface area contributed by atoms with Crippen LogP contribution in [0.5, 0.6) is 5.75 Å². The first-order valence-electron chi connectivity index (χ1n) is 14.5. The largest absolute Gasteiger partial charge is 0.496 e. The molecule has 4 fully saturated rings. The number of carbonyl (C=O) groups is 4. The maximum absolute atomic E-state index is 12.9. The lowest BCUT2D eigenvalue weighted by atomic mass is 9.43. The highest BCUT2D eigenvalue weighted by molar-refractivity contribution is 6.47. The third-order valence-electron chi connectivity index (χ3n) is 9.32. The predicted molar refractivity (Wildman–Crippen MR) is 154 cm³/mol. The van der Waals surface area contributed by atoms with E-state index in [1.54, 1.807) is 26.2 Å². The van der Waals surface area contributed by atoms with Gasteiger partial charge >= 0.3 is 19.1 Å². The number of rotatable bonds is 13. The van der Waals surface area contributed by atoms with Crippen LogP contribution in [-0.2, 0) is 39.6 Å². The molecule has 1 aromatic carbocycles. The van der Waals surface area contributed by atoms with Gasteiger partial charge in [-0.25, -0.2) is 4.79 Å². The Labute approximate surface area is 248 Å². The third kappa shape index (κ3) is 6.50. The molecule has 1 aliphatic heterocycles. The molecule has 5 atom stereocenters. The van der Waals surface area contributed by atoms with Gasteiger partial charge in [0.05, 0.1) is 31.8 Å². The molecule has 0 spiro atoms. The topological polar surface area (TPSA) is 130 Å². The van der Waals surface area contributed by atoms with Crippen molar-refractivity contribution in [2.45, 2.75) is 77.4 Å². The Morgan fingerprint density at radius 3 is 2.50 bits per heavy atom. The summed E-state index contributed by atoms with van der Waals surface area (Å²) in [6, 6.07) is 5.11. The molecule has 1 N–H and O–H groups in total. The van der Waals surface area contributed by atoms with Crippen LogP contribution in [0.25, 0.3) is 0 Å². The van der Waals surface area contributed by atoms with Crippen molar-refractivity contribution in [2.75, 3.05) is 34.5 Å². The predicted octanol–water partition coefficient (Wildman–Crippen LogP) is 2.58. The number of nitrogens with zero attached hydrogens (tertiary/aromatic N) is 1. The van der Waals surface area contributed by atoms with E-state index in [0.717, 1.165) is 12.8 Å². The zero-order chi connectivity index (χ0) is 30.8. The molecule has 11 nitrogen and oxygen atoms in total. The SMILES string of the molecule is COc1c(CC(NCC(C)=O)B2OC3CC4CC(C4(C)C)C3(C)O2)cccc1C(=O)OCOC(=O)CCC(=O)N(C)C. The third-order valence-corrected chi connectivity index (χ3v) is 9.32. The number of Topliss-reactive ketones (excluding diaryl/α,β-unsaturated/α-hetero) is 1. The number of methoxy groups -OCH3 is 1. The van der Waals surface area contributed by atoms with Gasteiger partial charge in [-0.2, -0.15) is 0 Å². The summed E-state index contributed by atoms with van der Waals surface area (Å²) < 4.78 is 29.0. The van der Waals surface area contributed by atoms with Crippen LogP contribution >= 0.6 is 0 Å². The summed E-state index contributed by atoms with van der Waals surface area (Å²) >= 11 is 0. The van der Waals surface area contributed by atoms with Crippen molar-refractivity contribution in [3.8, 4) is 5.75 Å². The Hall–Kier alpha value is -2.96. The van der Waals surface area contributed by atoms with Crippen LogP contribution in [-0.4, -0.2) is 87.8 Å². The summed E-state index contributed by atoms with van der Waals surface area (Å²) in [7, 11) is 4.07. The van der Waals surface area contributed by atoms with Gasteiger partial charge in [-0.3, -0.25) is 14.4 Å². The smallest absolute Gasteiger partial charge is 0.476 e. The highest BCUT2D eigenvalue weighted by Gasteiger charge is 2.68. The monoisotopic (exact) mass is 586 g/mol. The van der Waals surface area contributed by atoms with Crippen molar-refractivity contribution in [3.05, 3.63) is 29.3 Å². The molecule has 1 aromatic rings. The number of carbonyl (C=O) groups excluding carboxylic acids is 4. The molecule has 4 aliphatic rings. The molecule has 230 valence electrons. The molecule has 42 heavy (non-hydrogen) atoms. The number of para-hydroxylation sites is 1. The molecule has 5 rings (SSSR count). The molecule has 1 saturated heterocycles. The molecule has 1 heterocycles. The number of benzene rings is 1. The Kier molecular flexibility index (Phi) is 9.69. The number of hydrogen-bond donors (Lipinski definition) is 1. The second kappa shape index (κ2) is 12.7. The summed E-state index contributed by atoms with van der Waals surface area (Å²) in [5.74, 6) is -0.680. The lowest BCUT2D eigenvalue weighted by molar-refractivity contribution is -0.199. The van der Waals surface area contributed by atoms with E-state index in [9.17, 15) is 19.2 Å². The van der Waals surface area contributed by atoms with Crippen molar-refractivity contribution in [1.82, 2.24) is 10.2 Å². The Morgan fingerprint density at radius 2 is 1.86 bits per heavy atom. The zero-order valence-electron chi connectivity index (χ0n) is 25.7. The minimum absolute atomic E-state index is 0.00178. The Bertz CT molecular complexity index is 1210. The van der Waals surface area contributed by atoms with Crippen LogP contribution in [0.2, 0.25) is 0 Å². The van der Waals surface area contributed by atoms with Gasteiger partial charge < -0.3 is 33.7 Å². The van der Waals surface area contributed by atoms with E-state index >= 15 is 0 Å². The van der Waals surface area contributed by atoms with E-state index < -0.39 is 31.5 Å². The minimum Gasteiger partial charge on any atom is -0.496 e. The van der Waals surface area contributed by atoms with Gasteiger partial charge in [-0.15, -0.1) is 0 Å². The summed E-state index contributed by atoms with van der Waals surface area (Å²) in [5.41, 5.74) is 0.646. The molecule has 2 bridgehead atoms. The lowest BCUT2D eigenvalue weighted by Crippen LogP contribution is -2.65. The molecule has 5 unspecified atom stereocenters. The normalized spacial score (nSPS) is 26.0. The van der Waals surface area contributed by atoms with Gasteiger partial charge in [0.25, 0.3) is 0 Å². The fourth-order valence-electron chi connectivity index (χ4n) is 6.73. The summed E-state index contributed by atoms with van der Waals surface area (Å²) in [6.45, 7) is 7.82. The van der Waals surface area contributed by atoms with Gasteiger partial charge in [-0.05, 0) is 62.0 Å². The van der Waals surface area contributed by atoms with Gasteiger partial charge in [0, 0.05) is 26.5 Å². The van der Waals surface area contributed by atoms with E-state index in [4.69, 9.17) is 23.5 Å². The van der Waals surface area contributed by atoms with Crippen molar-refractivity contribution < 1.29 is 42.7 Å². The first kappa shape index (κ1) is 32.0.